The van der Waals surface area contributed by atoms with Gasteiger partial charge in [-0.25, -0.2) is 0 Å². The van der Waals surface area contributed by atoms with Crippen LogP contribution in [0.1, 0.15) is 16.9 Å². The highest BCUT2D eigenvalue weighted by Crippen LogP contribution is 2.28. The van der Waals surface area contributed by atoms with Gasteiger partial charge in [-0.15, -0.1) is 0 Å². The lowest BCUT2D eigenvalue weighted by atomic mass is 10.1. The van der Waals surface area contributed by atoms with Gasteiger partial charge in [0.05, 0.1) is 25.2 Å². The number of para-hydroxylation sites is 1. The predicted octanol–water partition coefficient (Wildman–Crippen LogP) is 4.29. The fraction of sp³-hybridized carbons (Fsp3) is 0.150. The van der Waals surface area contributed by atoms with Crippen molar-refractivity contribution in [2.75, 3.05) is 14.2 Å². The van der Waals surface area contributed by atoms with E-state index < -0.39 is 0 Å². The summed E-state index contributed by atoms with van der Waals surface area (Å²) in [4.78, 5) is 12.6. The van der Waals surface area contributed by atoms with Crippen molar-refractivity contribution in [3.8, 4) is 11.5 Å². The second-order valence-electron chi connectivity index (χ2n) is 5.34. The molecule has 2 aromatic carbocycles. The molecule has 0 aliphatic heterocycles. The summed E-state index contributed by atoms with van der Waals surface area (Å²) in [5, 5.41) is 0.579. The molecule has 4 heteroatoms. The highest BCUT2D eigenvalue weighted by Gasteiger charge is 2.09. The summed E-state index contributed by atoms with van der Waals surface area (Å²) in [6, 6.07) is 12.8. The second kappa shape index (κ2) is 6.62. The van der Waals surface area contributed by atoms with Crippen molar-refractivity contribution < 1.29 is 13.9 Å². The average Bonchev–Trinajstić information content (AvgIpc) is 2.61. The number of rotatable bonds is 4. The first-order valence-electron chi connectivity index (χ1n) is 7.56. The molecule has 0 bridgehead atoms. The minimum atomic E-state index is -0.0360. The van der Waals surface area contributed by atoms with Gasteiger partial charge in [-0.2, -0.15) is 0 Å². The molecule has 4 nitrogen and oxygen atoms in total. The van der Waals surface area contributed by atoms with Crippen molar-refractivity contribution in [3.63, 3.8) is 0 Å². The quantitative estimate of drug-likeness (QED) is 0.719. The zero-order valence-electron chi connectivity index (χ0n) is 13.8. The molecule has 0 amide bonds. The van der Waals surface area contributed by atoms with Gasteiger partial charge in [-0.3, -0.25) is 4.79 Å². The second-order valence-corrected chi connectivity index (χ2v) is 5.34. The molecule has 0 atom stereocenters. The molecule has 0 N–H and O–H groups in total. The zero-order valence-corrected chi connectivity index (χ0v) is 13.8. The van der Waals surface area contributed by atoms with E-state index in [9.17, 15) is 4.79 Å². The number of aryl methyl sites for hydroxylation is 1. The number of fused-ring (bicyclic) bond motifs is 1. The minimum Gasteiger partial charge on any atom is -0.493 e. The molecular formula is C20H18O4. The van der Waals surface area contributed by atoms with E-state index in [0.29, 0.717) is 33.8 Å². The van der Waals surface area contributed by atoms with Crippen LogP contribution in [0, 0.1) is 6.92 Å². The van der Waals surface area contributed by atoms with Crippen LogP contribution in [-0.2, 0) is 0 Å². The summed E-state index contributed by atoms with van der Waals surface area (Å²) in [5.41, 5.74) is 2.01. The SMILES string of the molecule is COc1ccc(/C=C/c2c(C)oc3ccccc3c2=O)cc1OC. The van der Waals surface area contributed by atoms with Crippen molar-refractivity contribution in [3.05, 3.63) is 69.6 Å². The molecule has 0 aliphatic rings. The van der Waals surface area contributed by atoms with Gasteiger partial charge < -0.3 is 13.9 Å². The van der Waals surface area contributed by atoms with Gasteiger partial charge in [0.1, 0.15) is 11.3 Å². The van der Waals surface area contributed by atoms with Gasteiger partial charge in [-0.1, -0.05) is 24.3 Å². The maximum absolute atomic E-state index is 12.6. The van der Waals surface area contributed by atoms with Crippen LogP contribution in [0.4, 0.5) is 0 Å². The minimum absolute atomic E-state index is 0.0360. The molecule has 0 unspecified atom stereocenters. The van der Waals surface area contributed by atoms with Crippen molar-refractivity contribution in [2.24, 2.45) is 0 Å². The molecule has 0 spiro atoms. The van der Waals surface area contributed by atoms with E-state index in [4.69, 9.17) is 13.9 Å². The first kappa shape index (κ1) is 15.9. The fourth-order valence-electron chi connectivity index (χ4n) is 2.60. The van der Waals surface area contributed by atoms with Gasteiger partial charge >= 0.3 is 0 Å². The maximum Gasteiger partial charge on any atom is 0.200 e. The summed E-state index contributed by atoms with van der Waals surface area (Å²) in [5.74, 6) is 1.90. The molecule has 0 aliphatic carbocycles. The van der Waals surface area contributed by atoms with Gasteiger partial charge in [0.25, 0.3) is 0 Å². The molecule has 0 radical (unpaired) electrons. The molecule has 0 saturated carbocycles. The van der Waals surface area contributed by atoms with Crippen LogP contribution in [0.2, 0.25) is 0 Å². The van der Waals surface area contributed by atoms with Gasteiger partial charge in [0, 0.05) is 0 Å². The summed E-state index contributed by atoms with van der Waals surface area (Å²) < 4.78 is 16.3. The lowest BCUT2D eigenvalue weighted by molar-refractivity contribution is 0.355. The van der Waals surface area contributed by atoms with E-state index >= 15 is 0 Å². The Hall–Kier alpha value is -3.01. The Balaban J connectivity index is 2.04. The highest BCUT2D eigenvalue weighted by molar-refractivity contribution is 5.81. The predicted molar refractivity (Wildman–Crippen MR) is 95.7 cm³/mol. The molecule has 0 saturated heterocycles. The summed E-state index contributed by atoms with van der Waals surface area (Å²) in [6.07, 6.45) is 3.63. The average molecular weight is 322 g/mol. The van der Waals surface area contributed by atoms with Crippen LogP contribution in [0.25, 0.3) is 23.1 Å². The van der Waals surface area contributed by atoms with Crippen LogP contribution < -0.4 is 14.9 Å². The molecule has 1 aromatic heterocycles. The van der Waals surface area contributed by atoms with Crippen molar-refractivity contribution >= 4 is 23.1 Å². The molecule has 1 heterocycles. The van der Waals surface area contributed by atoms with Crippen LogP contribution in [0.5, 0.6) is 11.5 Å². The van der Waals surface area contributed by atoms with Crippen molar-refractivity contribution in [1.29, 1.82) is 0 Å². The largest absolute Gasteiger partial charge is 0.493 e. The van der Waals surface area contributed by atoms with Gasteiger partial charge in [0.15, 0.2) is 16.9 Å². The zero-order chi connectivity index (χ0) is 17.1. The van der Waals surface area contributed by atoms with Crippen molar-refractivity contribution in [1.82, 2.24) is 0 Å². The van der Waals surface area contributed by atoms with Crippen LogP contribution in [0.15, 0.2) is 51.7 Å². The number of methoxy groups -OCH3 is 2. The van der Waals surface area contributed by atoms with E-state index in [1.165, 1.54) is 0 Å². The molecule has 0 fully saturated rings. The van der Waals surface area contributed by atoms with Crippen LogP contribution in [-0.4, -0.2) is 14.2 Å². The fourth-order valence-corrected chi connectivity index (χ4v) is 2.60. The van der Waals surface area contributed by atoms with E-state index in [1.54, 1.807) is 39.4 Å². The van der Waals surface area contributed by atoms with Gasteiger partial charge in [-0.05, 0) is 42.8 Å². The lowest BCUT2D eigenvalue weighted by Gasteiger charge is -2.07. The van der Waals surface area contributed by atoms with Crippen LogP contribution >= 0.6 is 0 Å². The third-order valence-electron chi connectivity index (χ3n) is 3.87. The third kappa shape index (κ3) is 2.91. The summed E-state index contributed by atoms with van der Waals surface area (Å²) >= 11 is 0. The first-order valence-corrected chi connectivity index (χ1v) is 7.56. The van der Waals surface area contributed by atoms with Crippen LogP contribution in [0.3, 0.4) is 0 Å². The Morgan fingerprint density at radius 2 is 1.71 bits per heavy atom. The monoisotopic (exact) mass is 322 g/mol. The van der Waals surface area contributed by atoms with Crippen molar-refractivity contribution in [2.45, 2.75) is 6.92 Å². The first-order chi connectivity index (χ1) is 11.6. The smallest absolute Gasteiger partial charge is 0.200 e. The summed E-state index contributed by atoms with van der Waals surface area (Å²) in [7, 11) is 3.18. The number of hydrogen-bond acceptors (Lipinski definition) is 4. The van der Waals surface area contributed by atoms with E-state index in [0.717, 1.165) is 5.56 Å². The number of benzene rings is 2. The summed E-state index contributed by atoms with van der Waals surface area (Å²) in [6.45, 7) is 1.79. The Labute approximate surface area is 139 Å². The number of ether oxygens (including phenoxy) is 2. The lowest BCUT2D eigenvalue weighted by Crippen LogP contribution is -2.07. The standard InChI is InChI=1S/C20H18O4/c1-13-15(20(21)16-6-4-5-7-17(16)24-13)10-8-14-9-11-18(22-2)19(12-14)23-3/h4-12H,1-3H3/b10-8+. The number of hydrogen-bond donors (Lipinski definition) is 0. The van der Waals surface area contributed by atoms with E-state index in [2.05, 4.69) is 0 Å². The molecular weight excluding hydrogens is 304 g/mol. The van der Waals surface area contributed by atoms with E-state index in [1.807, 2.05) is 36.4 Å². The Kier molecular flexibility index (Phi) is 4.38. The maximum atomic E-state index is 12.6. The molecule has 3 aromatic rings. The van der Waals surface area contributed by atoms with Gasteiger partial charge in [0.2, 0.25) is 0 Å². The third-order valence-corrected chi connectivity index (χ3v) is 3.87. The Morgan fingerprint density at radius 1 is 0.958 bits per heavy atom. The van der Waals surface area contributed by atoms with E-state index in [-0.39, 0.29) is 5.43 Å². The Morgan fingerprint density at radius 3 is 2.46 bits per heavy atom. The normalized spacial score (nSPS) is 11.1. The molecule has 24 heavy (non-hydrogen) atoms. The molecule has 122 valence electrons. The highest BCUT2D eigenvalue weighted by atomic mass is 16.5. The topological polar surface area (TPSA) is 48.7 Å². The Bertz CT molecular complexity index is 967. The molecule has 3 rings (SSSR count).